The van der Waals surface area contributed by atoms with E-state index >= 15 is 0 Å². The highest BCUT2D eigenvalue weighted by molar-refractivity contribution is 5.77. The number of ether oxygens (including phenoxy) is 1. The van der Waals surface area contributed by atoms with Crippen LogP contribution in [-0.4, -0.2) is 57.5 Å². The highest BCUT2D eigenvalue weighted by Gasteiger charge is 2.26. The van der Waals surface area contributed by atoms with Crippen LogP contribution in [0.1, 0.15) is 30.3 Å². The molecule has 1 amide bonds. The molecule has 132 valence electrons. The first-order chi connectivity index (χ1) is 12.2. The molecule has 3 heterocycles. The van der Waals surface area contributed by atoms with Gasteiger partial charge in [0, 0.05) is 50.3 Å². The largest absolute Gasteiger partial charge is 0.375 e. The fraction of sp³-hybridized carbons (Fsp3) is 0.471. The molecule has 1 aliphatic rings. The van der Waals surface area contributed by atoms with Crippen molar-refractivity contribution in [1.82, 2.24) is 24.8 Å². The molecule has 1 saturated heterocycles. The number of carbonyl (C=O) groups is 1. The summed E-state index contributed by atoms with van der Waals surface area (Å²) >= 11 is 0. The minimum Gasteiger partial charge on any atom is -0.375 e. The van der Waals surface area contributed by atoms with Crippen LogP contribution in [0.5, 0.6) is 0 Å². The number of nitrogens with one attached hydrogen (secondary N) is 1. The lowest BCUT2D eigenvalue weighted by Gasteiger charge is -2.32. The second-order valence-corrected chi connectivity index (χ2v) is 6.06. The van der Waals surface area contributed by atoms with Gasteiger partial charge in [0.05, 0.1) is 0 Å². The molecule has 1 fully saturated rings. The molecule has 0 unspecified atom stereocenters. The van der Waals surface area contributed by atoms with Gasteiger partial charge in [-0.05, 0) is 25.8 Å². The van der Waals surface area contributed by atoms with Crippen LogP contribution in [0.2, 0.25) is 0 Å². The topological polar surface area (TPSA) is 93.1 Å². The van der Waals surface area contributed by atoms with E-state index in [1.165, 1.54) is 7.11 Å². The van der Waals surface area contributed by atoms with E-state index in [9.17, 15) is 4.79 Å². The van der Waals surface area contributed by atoms with E-state index in [0.717, 1.165) is 30.9 Å². The van der Waals surface area contributed by atoms with Crippen LogP contribution >= 0.6 is 0 Å². The van der Waals surface area contributed by atoms with Gasteiger partial charge in [-0.15, -0.1) is 0 Å². The summed E-state index contributed by atoms with van der Waals surface area (Å²) in [6, 6.07) is 3.62. The fourth-order valence-electron chi connectivity index (χ4n) is 2.95. The molecule has 25 heavy (non-hydrogen) atoms. The summed E-state index contributed by atoms with van der Waals surface area (Å²) < 4.78 is 4.96. The molecule has 1 aliphatic heterocycles. The zero-order chi connectivity index (χ0) is 17.6. The van der Waals surface area contributed by atoms with Crippen molar-refractivity contribution in [3.05, 3.63) is 36.0 Å². The number of anilines is 2. The van der Waals surface area contributed by atoms with Crippen molar-refractivity contribution in [2.75, 3.05) is 32.1 Å². The minimum atomic E-state index is 0.0101. The summed E-state index contributed by atoms with van der Waals surface area (Å²) in [6.07, 6.45) is 5.24. The third-order valence-corrected chi connectivity index (χ3v) is 4.08. The maximum atomic E-state index is 12.1. The number of rotatable bonds is 5. The first kappa shape index (κ1) is 17.2. The predicted molar refractivity (Wildman–Crippen MR) is 92.5 cm³/mol. The van der Waals surface area contributed by atoms with E-state index in [1.54, 1.807) is 18.5 Å². The van der Waals surface area contributed by atoms with Gasteiger partial charge in [-0.2, -0.15) is 0 Å². The number of methoxy groups -OCH3 is 1. The molecule has 0 saturated carbocycles. The lowest BCUT2D eigenvalue weighted by molar-refractivity contribution is -0.136. The molecule has 8 heteroatoms. The quantitative estimate of drug-likeness (QED) is 0.883. The van der Waals surface area contributed by atoms with E-state index in [4.69, 9.17) is 4.74 Å². The highest BCUT2D eigenvalue weighted by atomic mass is 16.5. The lowest BCUT2D eigenvalue weighted by atomic mass is 9.97. The summed E-state index contributed by atoms with van der Waals surface area (Å²) in [5.74, 6) is 2.03. The van der Waals surface area contributed by atoms with Gasteiger partial charge in [-0.1, -0.05) is 0 Å². The Morgan fingerprint density at radius 3 is 2.92 bits per heavy atom. The molecule has 1 N–H and O–H groups in total. The Hall–Kier alpha value is -2.61. The number of amides is 1. The van der Waals surface area contributed by atoms with E-state index < -0.39 is 0 Å². The van der Waals surface area contributed by atoms with Crippen molar-refractivity contribution in [2.24, 2.45) is 0 Å². The highest BCUT2D eigenvalue weighted by Crippen LogP contribution is 2.26. The summed E-state index contributed by atoms with van der Waals surface area (Å²) in [5, 5.41) is 3.10. The standard InChI is InChI=1S/C17H22N6O2/c1-12-9-14(22-17-18-6-4-7-19-17)21-16(20-12)13-5-3-8-23(10-13)15(24)11-25-2/h4,6-7,9,13H,3,5,8,10-11H2,1-2H3,(H,18,19,20,21,22)/t13-/m0/s1. The van der Waals surface area contributed by atoms with Gasteiger partial charge < -0.3 is 15.0 Å². The van der Waals surface area contributed by atoms with Crippen LogP contribution in [0, 0.1) is 6.92 Å². The van der Waals surface area contributed by atoms with E-state index in [0.29, 0.717) is 18.3 Å². The number of hydrogen-bond donors (Lipinski definition) is 1. The summed E-state index contributed by atoms with van der Waals surface area (Å²) in [5.41, 5.74) is 0.865. The Labute approximate surface area is 146 Å². The zero-order valence-electron chi connectivity index (χ0n) is 14.5. The first-order valence-electron chi connectivity index (χ1n) is 8.32. The molecule has 2 aromatic rings. The van der Waals surface area contributed by atoms with Crippen molar-refractivity contribution in [1.29, 1.82) is 0 Å². The Bertz CT molecular complexity index is 724. The molecular formula is C17H22N6O2. The Balaban J connectivity index is 1.76. The second-order valence-electron chi connectivity index (χ2n) is 6.06. The van der Waals surface area contributed by atoms with E-state index in [2.05, 4.69) is 25.3 Å². The van der Waals surface area contributed by atoms with Gasteiger partial charge in [0.2, 0.25) is 11.9 Å². The Kier molecular flexibility index (Phi) is 5.49. The molecular weight excluding hydrogens is 320 g/mol. The van der Waals surface area contributed by atoms with Crippen molar-refractivity contribution in [2.45, 2.75) is 25.7 Å². The number of nitrogens with zero attached hydrogens (tertiary/aromatic N) is 5. The van der Waals surface area contributed by atoms with Crippen molar-refractivity contribution in [3.63, 3.8) is 0 Å². The van der Waals surface area contributed by atoms with Crippen LogP contribution in [0.15, 0.2) is 24.5 Å². The van der Waals surface area contributed by atoms with Crippen LogP contribution in [0.25, 0.3) is 0 Å². The second kappa shape index (κ2) is 7.98. The van der Waals surface area contributed by atoms with Gasteiger partial charge in [-0.3, -0.25) is 4.79 Å². The fourth-order valence-corrected chi connectivity index (χ4v) is 2.95. The number of likely N-dealkylation sites (tertiary alicyclic amines) is 1. The number of carbonyl (C=O) groups excluding carboxylic acids is 1. The zero-order valence-corrected chi connectivity index (χ0v) is 14.5. The van der Waals surface area contributed by atoms with Crippen LogP contribution < -0.4 is 5.32 Å². The average molecular weight is 342 g/mol. The number of piperidine rings is 1. The third-order valence-electron chi connectivity index (χ3n) is 4.08. The Morgan fingerprint density at radius 1 is 1.36 bits per heavy atom. The number of aryl methyl sites for hydroxylation is 1. The molecule has 2 aromatic heterocycles. The molecule has 1 atom stereocenters. The van der Waals surface area contributed by atoms with Crippen LogP contribution in [0.3, 0.4) is 0 Å². The normalized spacial score (nSPS) is 17.4. The molecule has 8 nitrogen and oxygen atoms in total. The number of aromatic nitrogens is 4. The van der Waals surface area contributed by atoms with Gasteiger partial charge in [-0.25, -0.2) is 19.9 Å². The van der Waals surface area contributed by atoms with Crippen LogP contribution in [-0.2, 0) is 9.53 Å². The van der Waals surface area contributed by atoms with Crippen molar-refractivity contribution in [3.8, 4) is 0 Å². The summed E-state index contributed by atoms with van der Waals surface area (Å²) in [4.78, 5) is 31.4. The monoisotopic (exact) mass is 342 g/mol. The predicted octanol–water partition coefficient (Wildman–Crippen LogP) is 1.67. The average Bonchev–Trinajstić information content (AvgIpc) is 2.62. The van der Waals surface area contributed by atoms with Gasteiger partial charge in [0.25, 0.3) is 0 Å². The maximum absolute atomic E-state index is 12.1. The van der Waals surface area contributed by atoms with E-state index in [1.807, 2.05) is 17.9 Å². The first-order valence-corrected chi connectivity index (χ1v) is 8.32. The smallest absolute Gasteiger partial charge is 0.248 e. The summed E-state index contributed by atoms with van der Waals surface area (Å²) in [7, 11) is 1.53. The van der Waals surface area contributed by atoms with Gasteiger partial charge in [0.1, 0.15) is 18.2 Å². The SMILES string of the molecule is COCC(=O)N1CCC[C@H](c2nc(C)cc(Nc3ncccn3)n2)C1. The minimum absolute atomic E-state index is 0.0101. The lowest BCUT2D eigenvalue weighted by Crippen LogP contribution is -2.41. The molecule has 0 aliphatic carbocycles. The number of hydrogen-bond acceptors (Lipinski definition) is 7. The van der Waals surface area contributed by atoms with Crippen molar-refractivity contribution < 1.29 is 9.53 Å². The van der Waals surface area contributed by atoms with Crippen molar-refractivity contribution >= 4 is 17.7 Å². The van der Waals surface area contributed by atoms with Gasteiger partial charge >= 0.3 is 0 Å². The molecule has 0 aromatic carbocycles. The Morgan fingerprint density at radius 2 is 2.16 bits per heavy atom. The maximum Gasteiger partial charge on any atom is 0.248 e. The molecule has 0 spiro atoms. The third kappa shape index (κ3) is 4.48. The van der Waals surface area contributed by atoms with Gasteiger partial charge in [0.15, 0.2) is 0 Å². The van der Waals surface area contributed by atoms with Crippen LogP contribution in [0.4, 0.5) is 11.8 Å². The molecule has 0 radical (unpaired) electrons. The molecule has 3 rings (SSSR count). The van der Waals surface area contributed by atoms with E-state index in [-0.39, 0.29) is 18.4 Å². The molecule has 0 bridgehead atoms. The summed E-state index contributed by atoms with van der Waals surface area (Å²) in [6.45, 7) is 3.42.